The Kier molecular flexibility index (Phi) is 7.41. The molecule has 2 rings (SSSR count). The number of amides is 1. The van der Waals surface area contributed by atoms with Crippen molar-refractivity contribution in [2.45, 2.75) is 43.5 Å². The molecular weight excluding hydrogens is 292 g/mol. The fraction of sp³-hybridized carbons (Fsp3) is 0.533. The largest absolute Gasteiger partial charge is 0.328 e. The maximum atomic E-state index is 12.2. The van der Waals surface area contributed by atoms with E-state index in [0.29, 0.717) is 0 Å². The van der Waals surface area contributed by atoms with Crippen LogP contribution in [0.25, 0.3) is 0 Å². The third kappa shape index (κ3) is 5.00. The van der Waals surface area contributed by atoms with E-state index in [1.807, 2.05) is 18.2 Å². The van der Waals surface area contributed by atoms with Gasteiger partial charge in [-0.2, -0.15) is 0 Å². The Morgan fingerprint density at radius 2 is 2.25 bits per heavy atom. The van der Waals surface area contributed by atoms with Crippen LogP contribution in [0, 0.1) is 5.92 Å². The zero-order chi connectivity index (χ0) is 13.7. The van der Waals surface area contributed by atoms with Crippen molar-refractivity contribution >= 4 is 35.8 Å². The molecule has 0 radical (unpaired) electrons. The van der Waals surface area contributed by atoms with Gasteiger partial charge in [-0.25, -0.2) is 0 Å². The maximum Gasteiger partial charge on any atom is 0.227 e. The Morgan fingerprint density at radius 1 is 1.45 bits per heavy atom. The van der Waals surface area contributed by atoms with Gasteiger partial charge in [-0.05, 0) is 43.2 Å². The molecule has 0 saturated heterocycles. The van der Waals surface area contributed by atoms with Gasteiger partial charge in [-0.1, -0.05) is 19.4 Å². The van der Waals surface area contributed by atoms with E-state index >= 15 is 0 Å². The summed E-state index contributed by atoms with van der Waals surface area (Å²) >= 11 is 1.78. The van der Waals surface area contributed by atoms with Gasteiger partial charge >= 0.3 is 0 Å². The number of carbonyl (C=O) groups is 1. The van der Waals surface area contributed by atoms with E-state index in [1.165, 1.54) is 4.90 Å². The molecule has 112 valence electrons. The molecule has 1 saturated carbocycles. The van der Waals surface area contributed by atoms with E-state index in [-0.39, 0.29) is 30.3 Å². The average Bonchev–Trinajstić information content (AvgIpc) is 2.39. The molecule has 1 aromatic rings. The highest BCUT2D eigenvalue weighted by atomic mass is 35.5. The topological polar surface area (TPSA) is 55.1 Å². The normalized spacial score (nSPS) is 21.9. The number of carbonyl (C=O) groups excluding carboxylic acids is 1. The van der Waals surface area contributed by atoms with Gasteiger partial charge in [0.05, 0.1) is 0 Å². The second kappa shape index (κ2) is 8.55. The predicted octanol–water partition coefficient (Wildman–Crippen LogP) is 3.68. The van der Waals surface area contributed by atoms with Crippen molar-refractivity contribution in [3.63, 3.8) is 0 Å². The number of halogens is 1. The minimum Gasteiger partial charge on any atom is -0.328 e. The first-order chi connectivity index (χ1) is 9.19. The second-order valence-corrected chi connectivity index (χ2v) is 6.41. The Bertz CT molecular complexity index is 442. The predicted molar refractivity (Wildman–Crippen MR) is 88.7 cm³/mol. The Labute approximate surface area is 131 Å². The summed E-state index contributed by atoms with van der Waals surface area (Å²) < 4.78 is 0. The third-order valence-corrected chi connectivity index (χ3v) is 4.37. The molecule has 3 N–H and O–H groups in total. The lowest BCUT2D eigenvalue weighted by molar-refractivity contribution is -0.120. The smallest absolute Gasteiger partial charge is 0.227 e. The zero-order valence-electron chi connectivity index (χ0n) is 11.8. The molecule has 1 aliphatic carbocycles. The molecular formula is C15H23ClN2OS. The monoisotopic (exact) mass is 314 g/mol. The summed E-state index contributed by atoms with van der Waals surface area (Å²) in [6.07, 6.45) is 3.88. The van der Waals surface area contributed by atoms with Crippen molar-refractivity contribution in [3.8, 4) is 0 Å². The fourth-order valence-corrected chi connectivity index (χ4v) is 3.26. The summed E-state index contributed by atoms with van der Waals surface area (Å²) in [6.45, 7) is 2.12. The third-order valence-electron chi connectivity index (χ3n) is 3.50. The summed E-state index contributed by atoms with van der Waals surface area (Å²) in [7, 11) is 0. The first kappa shape index (κ1) is 17.3. The van der Waals surface area contributed by atoms with Gasteiger partial charge in [0.25, 0.3) is 0 Å². The van der Waals surface area contributed by atoms with Crippen LogP contribution in [0.1, 0.15) is 32.6 Å². The summed E-state index contributed by atoms with van der Waals surface area (Å²) in [5.74, 6) is 1.23. The van der Waals surface area contributed by atoms with Gasteiger partial charge in [-0.15, -0.1) is 24.2 Å². The van der Waals surface area contributed by atoms with Gasteiger partial charge in [0.2, 0.25) is 5.91 Å². The van der Waals surface area contributed by atoms with Crippen molar-refractivity contribution in [2.24, 2.45) is 11.7 Å². The zero-order valence-corrected chi connectivity index (χ0v) is 13.4. The highest BCUT2D eigenvalue weighted by Crippen LogP contribution is 2.26. The van der Waals surface area contributed by atoms with Gasteiger partial charge in [0, 0.05) is 22.5 Å². The lowest BCUT2D eigenvalue weighted by atomic mass is 9.85. The molecule has 2 atom stereocenters. The number of benzene rings is 1. The number of hydrogen-bond donors (Lipinski definition) is 2. The lowest BCUT2D eigenvalue weighted by Crippen LogP contribution is -2.34. The molecule has 0 aliphatic heterocycles. The van der Waals surface area contributed by atoms with Crippen LogP contribution in [0.4, 0.5) is 5.69 Å². The number of nitrogens with two attached hydrogens (primary N) is 1. The lowest BCUT2D eigenvalue weighted by Gasteiger charge is -2.25. The van der Waals surface area contributed by atoms with Gasteiger partial charge in [0.1, 0.15) is 0 Å². The second-order valence-electron chi connectivity index (χ2n) is 5.07. The van der Waals surface area contributed by atoms with Crippen molar-refractivity contribution in [1.29, 1.82) is 0 Å². The van der Waals surface area contributed by atoms with E-state index in [0.717, 1.165) is 37.1 Å². The van der Waals surface area contributed by atoms with Crippen LogP contribution in [0.2, 0.25) is 0 Å². The van der Waals surface area contributed by atoms with Gasteiger partial charge < -0.3 is 11.1 Å². The van der Waals surface area contributed by atoms with Gasteiger partial charge in [0.15, 0.2) is 0 Å². The molecule has 1 fully saturated rings. The average molecular weight is 315 g/mol. The highest BCUT2D eigenvalue weighted by Gasteiger charge is 2.25. The van der Waals surface area contributed by atoms with Crippen LogP contribution < -0.4 is 11.1 Å². The minimum absolute atomic E-state index is 0. The fourth-order valence-electron chi connectivity index (χ4n) is 2.54. The number of nitrogens with one attached hydrogen (secondary N) is 1. The number of thioether (sulfide) groups is 1. The van der Waals surface area contributed by atoms with E-state index in [2.05, 4.69) is 18.3 Å². The molecule has 2 unspecified atom stereocenters. The summed E-state index contributed by atoms with van der Waals surface area (Å²) in [4.78, 5) is 13.4. The van der Waals surface area contributed by atoms with E-state index in [9.17, 15) is 4.79 Å². The highest BCUT2D eigenvalue weighted by molar-refractivity contribution is 7.99. The van der Waals surface area contributed by atoms with Crippen LogP contribution in [-0.4, -0.2) is 17.7 Å². The molecule has 20 heavy (non-hydrogen) atoms. The van der Waals surface area contributed by atoms with E-state index in [4.69, 9.17) is 5.73 Å². The summed E-state index contributed by atoms with van der Waals surface area (Å²) in [5, 5.41) is 3.02. The summed E-state index contributed by atoms with van der Waals surface area (Å²) in [5.41, 5.74) is 6.83. The van der Waals surface area contributed by atoms with Crippen molar-refractivity contribution in [3.05, 3.63) is 24.3 Å². The molecule has 0 heterocycles. The van der Waals surface area contributed by atoms with Crippen LogP contribution in [0.15, 0.2) is 29.2 Å². The van der Waals surface area contributed by atoms with Crippen LogP contribution >= 0.6 is 24.2 Å². The SMILES string of the molecule is CCSc1cccc(NC(=O)C2CCCC(N)C2)c1.Cl. The van der Waals surface area contributed by atoms with Crippen molar-refractivity contribution < 1.29 is 4.79 Å². The van der Waals surface area contributed by atoms with Crippen LogP contribution in [0.5, 0.6) is 0 Å². The molecule has 1 aromatic carbocycles. The molecule has 0 bridgehead atoms. The Hall–Kier alpha value is -0.710. The molecule has 5 heteroatoms. The quantitative estimate of drug-likeness (QED) is 0.834. The first-order valence-corrected chi connectivity index (χ1v) is 7.97. The standard InChI is InChI=1S/C15H22N2OS.ClH/c1-2-19-14-8-4-7-13(10-14)17-15(18)11-5-3-6-12(16)9-11;/h4,7-8,10-12H,2-3,5-6,9,16H2,1H3,(H,17,18);1H. The Balaban J connectivity index is 0.00000200. The molecule has 1 aliphatic rings. The van der Waals surface area contributed by atoms with E-state index < -0.39 is 0 Å². The maximum absolute atomic E-state index is 12.2. The number of anilines is 1. The molecule has 0 spiro atoms. The number of rotatable bonds is 4. The Morgan fingerprint density at radius 3 is 2.95 bits per heavy atom. The van der Waals surface area contributed by atoms with Gasteiger partial charge in [-0.3, -0.25) is 4.79 Å². The molecule has 3 nitrogen and oxygen atoms in total. The van der Waals surface area contributed by atoms with Crippen LogP contribution in [-0.2, 0) is 4.79 Å². The van der Waals surface area contributed by atoms with Crippen LogP contribution in [0.3, 0.4) is 0 Å². The van der Waals surface area contributed by atoms with E-state index in [1.54, 1.807) is 11.8 Å². The molecule has 1 amide bonds. The minimum atomic E-state index is 0. The summed E-state index contributed by atoms with van der Waals surface area (Å²) in [6, 6.07) is 8.22. The first-order valence-electron chi connectivity index (χ1n) is 6.98. The number of hydrogen-bond acceptors (Lipinski definition) is 3. The molecule has 0 aromatic heterocycles. The van der Waals surface area contributed by atoms with Crippen molar-refractivity contribution in [1.82, 2.24) is 0 Å². The van der Waals surface area contributed by atoms with Crippen molar-refractivity contribution in [2.75, 3.05) is 11.1 Å².